The first-order valence-corrected chi connectivity index (χ1v) is 9.52. The number of carbonyl (C=O) groups is 1. The van der Waals surface area contributed by atoms with Gasteiger partial charge in [-0.3, -0.25) is 4.79 Å². The first kappa shape index (κ1) is 17.6. The largest absolute Gasteiger partial charge is 0.462 e. The van der Waals surface area contributed by atoms with Gasteiger partial charge in [0.05, 0.1) is 12.1 Å². The van der Waals surface area contributed by atoms with Gasteiger partial charge in [0.2, 0.25) is 5.43 Å². The molecule has 0 atom stereocenters. The molecule has 1 fully saturated rings. The van der Waals surface area contributed by atoms with Gasteiger partial charge in [-0.25, -0.2) is 4.79 Å². The van der Waals surface area contributed by atoms with Gasteiger partial charge in [-0.05, 0) is 43.4 Å². The van der Waals surface area contributed by atoms with Gasteiger partial charge in [0.15, 0.2) is 0 Å². The molecule has 1 saturated heterocycles. The van der Waals surface area contributed by atoms with Crippen molar-refractivity contribution in [2.24, 2.45) is 0 Å². The van der Waals surface area contributed by atoms with Crippen molar-refractivity contribution in [1.82, 2.24) is 14.8 Å². The molecule has 2 aliphatic heterocycles. The predicted octanol–water partition coefficient (Wildman–Crippen LogP) is 1.34. The fourth-order valence-electron chi connectivity index (χ4n) is 3.78. The number of piperazine rings is 1. The van der Waals surface area contributed by atoms with Crippen LogP contribution in [0.1, 0.15) is 34.8 Å². The first-order chi connectivity index (χ1) is 13.2. The lowest BCUT2D eigenvalue weighted by atomic mass is 9.97. The van der Waals surface area contributed by atoms with Crippen LogP contribution in [0.5, 0.6) is 0 Å². The molecule has 140 valence electrons. The third-order valence-corrected chi connectivity index (χ3v) is 5.07. The molecule has 0 saturated carbocycles. The summed E-state index contributed by atoms with van der Waals surface area (Å²) in [6.45, 7) is 6.44. The highest BCUT2D eigenvalue weighted by Crippen LogP contribution is 2.25. The van der Waals surface area contributed by atoms with E-state index in [4.69, 9.17) is 4.74 Å². The lowest BCUT2D eigenvalue weighted by Crippen LogP contribution is -2.40. The Morgan fingerprint density at radius 1 is 1.26 bits per heavy atom. The van der Waals surface area contributed by atoms with Crippen LogP contribution < -0.4 is 10.7 Å². The van der Waals surface area contributed by atoms with Crippen LogP contribution in [0.3, 0.4) is 0 Å². The zero-order chi connectivity index (χ0) is 18.8. The van der Waals surface area contributed by atoms with Crippen molar-refractivity contribution in [2.45, 2.75) is 26.3 Å². The number of benzene rings is 1. The standard InChI is InChI=1S/C21H23N3O3/c1-2-27-21(26)18-14-24-8-3-4-16-12-15(13-17(19(16)24)20(18)25)5-9-23-10-6-22-7-11-23/h12-14,22H,2-4,6-8,10-11H2,1H3. The van der Waals surface area contributed by atoms with E-state index in [0.717, 1.165) is 62.2 Å². The highest BCUT2D eigenvalue weighted by atomic mass is 16.5. The molecule has 0 bridgehead atoms. The summed E-state index contributed by atoms with van der Waals surface area (Å²) in [7, 11) is 0. The minimum Gasteiger partial charge on any atom is -0.462 e. The van der Waals surface area contributed by atoms with Crippen molar-refractivity contribution in [1.29, 1.82) is 0 Å². The molecular weight excluding hydrogens is 342 g/mol. The lowest BCUT2D eigenvalue weighted by Gasteiger charge is -2.23. The van der Waals surface area contributed by atoms with Gasteiger partial charge >= 0.3 is 5.97 Å². The maximum absolute atomic E-state index is 13.0. The Morgan fingerprint density at radius 3 is 2.85 bits per heavy atom. The van der Waals surface area contributed by atoms with Gasteiger partial charge in [0.25, 0.3) is 0 Å². The van der Waals surface area contributed by atoms with Crippen molar-refractivity contribution in [3.8, 4) is 12.0 Å². The molecule has 1 N–H and O–H groups in total. The summed E-state index contributed by atoms with van der Waals surface area (Å²) in [4.78, 5) is 27.3. The van der Waals surface area contributed by atoms with E-state index < -0.39 is 5.97 Å². The number of aryl methyl sites for hydroxylation is 2. The minimum absolute atomic E-state index is 0.101. The van der Waals surface area contributed by atoms with E-state index in [1.165, 1.54) is 0 Å². The number of hydrogen-bond donors (Lipinski definition) is 1. The van der Waals surface area contributed by atoms with Crippen LogP contribution in [-0.2, 0) is 17.7 Å². The number of esters is 1. The molecular formula is C21H23N3O3. The van der Waals surface area contributed by atoms with Crippen LogP contribution in [-0.4, -0.2) is 48.2 Å². The van der Waals surface area contributed by atoms with Gasteiger partial charge in [0.1, 0.15) is 5.56 Å². The molecule has 0 radical (unpaired) electrons. The molecule has 2 aliphatic rings. The first-order valence-electron chi connectivity index (χ1n) is 9.52. The molecule has 6 nitrogen and oxygen atoms in total. The topological polar surface area (TPSA) is 63.6 Å². The van der Waals surface area contributed by atoms with E-state index in [0.29, 0.717) is 5.39 Å². The molecule has 0 unspecified atom stereocenters. The van der Waals surface area contributed by atoms with E-state index in [9.17, 15) is 9.59 Å². The molecule has 27 heavy (non-hydrogen) atoms. The third-order valence-electron chi connectivity index (χ3n) is 5.07. The normalized spacial score (nSPS) is 16.0. The van der Waals surface area contributed by atoms with E-state index >= 15 is 0 Å². The fraction of sp³-hybridized carbons (Fsp3) is 0.429. The average Bonchev–Trinajstić information content (AvgIpc) is 2.69. The van der Waals surface area contributed by atoms with Crippen molar-refractivity contribution in [3.63, 3.8) is 0 Å². The van der Waals surface area contributed by atoms with Gasteiger partial charge in [-0.2, -0.15) is 0 Å². The van der Waals surface area contributed by atoms with E-state index in [2.05, 4.69) is 28.2 Å². The van der Waals surface area contributed by atoms with Gasteiger partial charge in [-0.1, -0.05) is 0 Å². The summed E-state index contributed by atoms with van der Waals surface area (Å²) in [6, 6.07) is 7.11. The fourth-order valence-corrected chi connectivity index (χ4v) is 3.78. The quantitative estimate of drug-likeness (QED) is 0.643. The van der Waals surface area contributed by atoms with Crippen molar-refractivity contribution < 1.29 is 9.53 Å². The SMILES string of the molecule is CCOC(=O)c1cn2c3c(cc(C#CN4CCNCC4)cc3c1=O)CCC2. The molecule has 2 aromatic rings. The van der Waals surface area contributed by atoms with Gasteiger partial charge in [0, 0.05) is 55.9 Å². The summed E-state index contributed by atoms with van der Waals surface area (Å²) in [6.07, 6.45) is 3.54. The van der Waals surface area contributed by atoms with Crippen LogP contribution in [0.25, 0.3) is 10.9 Å². The summed E-state index contributed by atoms with van der Waals surface area (Å²) < 4.78 is 7.08. The van der Waals surface area contributed by atoms with Crippen LogP contribution in [0.15, 0.2) is 23.1 Å². The summed E-state index contributed by atoms with van der Waals surface area (Å²) in [5.74, 6) is 2.65. The average molecular weight is 365 g/mol. The number of hydrogen-bond acceptors (Lipinski definition) is 5. The van der Waals surface area contributed by atoms with Crippen LogP contribution in [0.4, 0.5) is 0 Å². The van der Waals surface area contributed by atoms with Crippen molar-refractivity contribution in [3.05, 3.63) is 45.2 Å². The number of rotatable bonds is 2. The number of nitrogens with zero attached hydrogens (tertiary/aromatic N) is 2. The highest BCUT2D eigenvalue weighted by molar-refractivity contribution is 5.95. The molecule has 0 spiro atoms. The lowest BCUT2D eigenvalue weighted by molar-refractivity contribution is 0.0524. The Kier molecular flexibility index (Phi) is 4.87. The Balaban J connectivity index is 1.82. The highest BCUT2D eigenvalue weighted by Gasteiger charge is 2.21. The monoisotopic (exact) mass is 365 g/mol. The number of aromatic nitrogens is 1. The number of carbonyl (C=O) groups excluding carboxylic acids is 1. The molecule has 4 rings (SSSR count). The number of nitrogens with one attached hydrogen (secondary N) is 1. The van der Waals surface area contributed by atoms with Gasteiger partial charge < -0.3 is 19.5 Å². The number of pyridine rings is 1. The molecule has 0 amide bonds. The maximum Gasteiger partial charge on any atom is 0.343 e. The molecule has 0 aliphatic carbocycles. The summed E-state index contributed by atoms with van der Waals surface area (Å²) in [5, 5.41) is 3.86. The second-order valence-electron chi connectivity index (χ2n) is 6.89. The predicted molar refractivity (Wildman–Crippen MR) is 104 cm³/mol. The van der Waals surface area contributed by atoms with Crippen LogP contribution in [0, 0.1) is 12.0 Å². The molecule has 6 heteroatoms. The van der Waals surface area contributed by atoms with E-state index in [-0.39, 0.29) is 17.6 Å². The Hall–Kier alpha value is -2.78. The van der Waals surface area contributed by atoms with Crippen molar-refractivity contribution in [2.75, 3.05) is 32.8 Å². The van der Waals surface area contributed by atoms with Crippen LogP contribution >= 0.6 is 0 Å². The maximum atomic E-state index is 13.0. The van der Waals surface area contributed by atoms with Crippen LogP contribution in [0.2, 0.25) is 0 Å². The second-order valence-corrected chi connectivity index (χ2v) is 6.89. The minimum atomic E-state index is -0.558. The van der Waals surface area contributed by atoms with Crippen molar-refractivity contribution >= 4 is 16.9 Å². The molecule has 1 aromatic heterocycles. The Labute approximate surface area is 158 Å². The zero-order valence-electron chi connectivity index (χ0n) is 15.5. The number of ether oxygens (including phenoxy) is 1. The third kappa shape index (κ3) is 3.43. The summed E-state index contributed by atoms with van der Waals surface area (Å²) >= 11 is 0. The molecule has 1 aromatic carbocycles. The van der Waals surface area contributed by atoms with E-state index in [1.54, 1.807) is 13.1 Å². The summed E-state index contributed by atoms with van der Waals surface area (Å²) in [5.41, 5.74) is 2.70. The smallest absolute Gasteiger partial charge is 0.343 e. The van der Waals surface area contributed by atoms with Gasteiger partial charge in [-0.15, -0.1) is 0 Å². The second kappa shape index (κ2) is 7.45. The zero-order valence-corrected chi connectivity index (χ0v) is 15.5. The Morgan fingerprint density at radius 2 is 2.07 bits per heavy atom. The Bertz CT molecular complexity index is 1010. The molecule has 3 heterocycles. The van der Waals surface area contributed by atoms with E-state index in [1.807, 2.05) is 10.6 Å².